The second kappa shape index (κ2) is 6.19. The fraction of sp³-hybridized carbons (Fsp3) is 0.263. The average molecular weight is 453 g/mol. The molecule has 2 aromatic carbocycles. The molecule has 1 aliphatic carbocycles. The molecule has 0 amide bonds. The van der Waals surface area contributed by atoms with E-state index in [9.17, 15) is 4.39 Å². The first-order valence-electron chi connectivity index (χ1n) is 7.84. The third-order valence-corrected chi connectivity index (χ3v) is 5.86. The summed E-state index contributed by atoms with van der Waals surface area (Å²) in [5.41, 5.74) is 2.67. The zero-order valence-electron chi connectivity index (χ0n) is 13.0. The second-order valence-corrected chi connectivity index (χ2v) is 8.04. The minimum Gasteiger partial charge on any atom is -0.496 e. The predicted octanol–water partition coefficient (Wildman–Crippen LogP) is 6.19. The predicted molar refractivity (Wildman–Crippen MR) is 101 cm³/mol. The Morgan fingerprint density at radius 2 is 1.92 bits per heavy atom. The molecule has 4 rings (SSSR count). The van der Waals surface area contributed by atoms with Crippen LogP contribution in [0.3, 0.4) is 0 Å². The van der Waals surface area contributed by atoms with Crippen LogP contribution in [0, 0.1) is 11.7 Å². The van der Waals surface area contributed by atoms with Gasteiger partial charge in [-0.25, -0.2) is 4.39 Å². The van der Waals surface area contributed by atoms with E-state index in [0.29, 0.717) is 11.6 Å². The molecule has 2 aromatic rings. The topological polar surface area (TPSA) is 21.3 Å². The molecule has 0 bridgehead atoms. The van der Waals surface area contributed by atoms with E-state index in [1.165, 1.54) is 6.07 Å². The molecule has 0 spiro atoms. The van der Waals surface area contributed by atoms with Crippen molar-refractivity contribution < 1.29 is 9.13 Å². The standard InChI is InChI=1S/C19H16Br2FNO/c1-24-17-6-5-10(20)7-15(17)18-13-4-2-3-12(13)14-8-11(21)9-16(22)19(14)23-18/h2-3,5-9,12-13,18,23H,4H2,1H3/t12-,13-,18+/m0/s1. The van der Waals surface area contributed by atoms with Gasteiger partial charge in [-0.05, 0) is 48.2 Å². The van der Waals surface area contributed by atoms with Gasteiger partial charge in [0, 0.05) is 20.4 Å². The zero-order chi connectivity index (χ0) is 16.8. The van der Waals surface area contributed by atoms with Crippen LogP contribution >= 0.6 is 31.9 Å². The smallest absolute Gasteiger partial charge is 0.147 e. The molecule has 0 unspecified atom stereocenters. The number of allylic oxidation sites excluding steroid dienone is 2. The van der Waals surface area contributed by atoms with E-state index >= 15 is 0 Å². The van der Waals surface area contributed by atoms with Crippen molar-refractivity contribution in [3.8, 4) is 5.75 Å². The molecule has 0 saturated carbocycles. The molecule has 5 heteroatoms. The third-order valence-electron chi connectivity index (χ3n) is 4.91. The highest BCUT2D eigenvalue weighted by Crippen LogP contribution is 2.52. The van der Waals surface area contributed by atoms with Crippen LogP contribution in [0.1, 0.15) is 29.5 Å². The molecule has 3 atom stereocenters. The molecule has 1 heterocycles. The molecule has 1 aliphatic heterocycles. The van der Waals surface area contributed by atoms with Crippen LogP contribution in [-0.2, 0) is 0 Å². The number of nitrogens with one attached hydrogen (secondary N) is 1. The van der Waals surface area contributed by atoms with Gasteiger partial charge >= 0.3 is 0 Å². The largest absolute Gasteiger partial charge is 0.496 e. The summed E-state index contributed by atoms with van der Waals surface area (Å²) in [5.74, 6) is 1.15. The van der Waals surface area contributed by atoms with Crippen LogP contribution in [-0.4, -0.2) is 7.11 Å². The van der Waals surface area contributed by atoms with E-state index in [-0.39, 0.29) is 17.8 Å². The van der Waals surface area contributed by atoms with Gasteiger partial charge in [-0.2, -0.15) is 0 Å². The Morgan fingerprint density at radius 1 is 1.12 bits per heavy atom. The number of ether oxygens (including phenoxy) is 1. The molecular weight excluding hydrogens is 437 g/mol. The highest BCUT2D eigenvalue weighted by molar-refractivity contribution is 9.10. The van der Waals surface area contributed by atoms with Crippen molar-refractivity contribution in [1.29, 1.82) is 0 Å². The van der Waals surface area contributed by atoms with Crippen molar-refractivity contribution in [1.82, 2.24) is 0 Å². The summed E-state index contributed by atoms with van der Waals surface area (Å²) in [4.78, 5) is 0. The summed E-state index contributed by atoms with van der Waals surface area (Å²) in [5, 5.41) is 3.45. The number of fused-ring (bicyclic) bond motifs is 3. The van der Waals surface area contributed by atoms with Gasteiger partial charge in [0.05, 0.1) is 18.8 Å². The Hall–Kier alpha value is -1.33. The van der Waals surface area contributed by atoms with Crippen molar-refractivity contribution in [2.75, 3.05) is 12.4 Å². The maximum atomic E-state index is 14.6. The number of halogens is 3. The summed E-state index contributed by atoms with van der Waals surface area (Å²) in [6.45, 7) is 0. The molecule has 0 fully saturated rings. The Labute approximate surface area is 157 Å². The number of rotatable bonds is 2. The lowest BCUT2D eigenvalue weighted by Crippen LogP contribution is -2.30. The Bertz CT molecular complexity index is 836. The van der Waals surface area contributed by atoms with Crippen molar-refractivity contribution >= 4 is 37.5 Å². The summed E-state index contributed by atoms with van der Waals surface area (Å²) in [7, 11) is 1.67. The van der Waals surface area contributed by atoms with Crippen molar-refractivity contribution in [2.45, 2.75) is 18.4 Å². The summed E-state index contributed by atoms with van der Waals surface area (Å²) >= 11 is 6.95. The lowest BCUT2D eigenvalue weighted by molar-refractivity contribution is 0.379. The number of hydrogen-bond acceptors (Lipinski definition) is 2. The molecule has 1 N–H and O–H groups in total. The maximum Gasteiger partial charge on any atom is 0.147 e. The lowest BCUT2D eigenvalue weighted by atomic mass is 9.77. The van der Waals surface area contributed by atoms with Gasteiger partial charge in [0.1, 0.15) is 11.6 Å². The molecule has 124 valence electrons. The van der Waals surface area contributed by atoms with Crippen molar-refractivity contribution in [3.63, 3.8) is 0 Å². The summed E-state index contributed by atoms with van der Waals surface area (Å²) in [6.07, 6.45) is 5.36. The molecule has 0 radical (unpaired) electrons. The van der Waals surface area contributed by atoms with E-state index in [1.54, 1.807) is 7.11 Å². The van der Waals surface area contributed by atoms with Crippen LogP contribution < -0.4 is 10.1 Å². The quantitative estimate of drug-likeness (QED) is 0.548. The van der Waals surface area contributed by atoms with Crippen molar-refractivity contribution in [3.05, 3.63) is 68.4 Å². The van der Waals surface area contributed by atoms with Crippen LogP contribution in [0.2, 0.25) is 0 Å². The van der Waals surface area contributed by atoms with Gasteiger partial charge in [0.25, 0.3) is 0 Å². The first kappa shape index (κ1) is 16.2. The number of benzene rings is 2. The van der Waals surface area contributed by atoms with E-state index < -0.39 is 0 Å². The van der Waals surface area contributed by atoms with Gasteiger partial charge in [-0.15, -0.1) is 0 Å². The average Bonchev–Trinajstić information content (AvgIpc) is 3.04. The van der Waals surface area contributed by atoms with E-state index in [1.807, 2.05) is 18.2 Å². The van der Waals surface area contributed by atoms with Crippen LogP contribution in [0.5, 0.6) is 5.75 Å². The van der Waals surface area contributed by atoms with Crippen molar-refractivity contribution in [2.24, 2.45) is 5.92 Å². The second-order valence-electron chi connectivity index (χ2n) is 6.21. The van der Waals surface area contributed by atoms with Crippen LogP contribution in [0.15, 0.2) is 51.4 Å². The highest BCUT2D eigenvalue weighted by atomic mass is 79.9. The molecule has 2 aliphatic rings. The number of methoxy groups -OCH3 is 1. The fourth-order valence-electron chi connectivity index (χ4n) is 3.88. The minimum absolute atomic E-state index is 0.000579. The normalized spacial score (nSPS) is 24.2. The van der Waals surface area contributed by atoms with Crippen LogP contribution in [0.25, 0.3) is 0 Å². The molecule has 2 nitrogen and oxygen atoms in total. The monoisotopic (exact) mass is 451 g/mol. The Morgan fingerprint density at radius 3 is 2.71 bits per heavy atom. The minimum atomic E-state index is -0.225. The van der Waals surface area contributed by atoms with Gasteiger partial charge in [0.15, 0.2) is 0 Å². The zero-order valence-corrected chi connectivity index (χ0v) is 16.2. The summed E-state index contributed by atoms with van der Waals surface area (Å²) in [6, 6.07) is 9.51. The maximum absolute atomic E-state index is 14.6. The lowest BCUT2D eigenvalue weighted by Gasteiger charge is -2.38. The molecule has 0 aromatic heterocycles. The van der Waals surface area contributed by atoms with Gasteiger partial charge < -0.3 is 10.1 Å². The Balaban J connectivity index is 1.86. The van der Waals surface area contributed by atoms with Crippen LogP contribution in [0.4, 0.5) is 10.1 Å². The van der Waals surface area contributed by atoms with E-state index in [4.69, 9.17) is 4.74 Å². The van der Waals surface area contributed by atoms with Gasteiger partial charge in [0.2, 0.25) is 0 Å². The van der Waals surface area contributed by atoms with E-state index in [0.717, 1.165) is 32.2 Å². The van der Waals surface area contributed by atoms with Gasteiger partial charge in [-0.1, -0.05) is 44.0 Å². The number of anilines is 1. The highest BCUT2D eigenvalue weighted by Gasteiger charge is 2.40. The number of hydrogen-bond donors (Lipinski definition) is 1. The molecular formula is C19H16Br2FNO. The summed E-state index contributed by atoms with van der Waals surface area (Å²) < 4.78 is 21.9. The third kappa shape index (κ3) is 2.58. The SMILES string of the molecule is COc1ccc(Br)cc1[C@@H]1Nc2c(F)cc(Br)cc2[C@H]2C=CC[C@@H]21. The first-order valence-corrected chi connectivity index (χ1v) is 9.42. The van der Waals surface area contributed by atoms with Gasteiger partial charge in [-0.3, -0.25) is 0 Å². The fourth-order valence-corrected chi connectivity index (χ4v) is 4.70. The van der Waals surface area contributed by atoms with E-state index in [2.05, 4.69) is 55.4 Å². The molecule has 0 saturated heterocycles. The first-order chi connectivity index (χ1) is 11.6. The molecule has 24 heavy (non-hydrogen) atoms. The Kier molecular flexibility index (Phi) is 4.17.